The van der Waals surface area contributed by atoms with Gasteiger partial charge in [0.05, 0.1) is 19.6 Å². The zero-order valence-corrected chi connectivity index (χ0v) is 10.6. The Labute approximate surface area is 101 Å². The summed E-state index contributed by atoms with van der Waals surface area (Å²) in [4.78, 5) is 34.3. The number of hydrogen-bond acceptors (Lipinski definition) is 5. The van der Waals surface area contributed by atoms with E-state index in [1.165, 1.54) is 14.2 Å². The maximum absolute atomic E-state index is 11.5. The van der Waals surface area contributed by atoms with Crippen molar-refractivity contribution in [1.29, 1.82) is 0 Å². The average molecular weight is 293 g/mol. The molecule has 6 nitrogen and oxygen atoms in total. The second-order valence-electron chi connectivity index (χ2n) is 3.45. The van der Waals surface area contributed by atoms with Crippen molar-refractivity contribution >= 4 is 33.7 Å². The van der Waals surface area contributed by atoms with Crippen LogP contribution in [0.4, 0.5) is 0 Å². The van der Waals surface area contributed by atoms with Gasteiger partial charge in [0.25, 0.3) is 0 Å². The summed E-state index contributed by atoms with van der Waals surface area (Å²) in [5.74, 6) is -0.904. The molecule has 0 spiro atoms. The Morgan fingerprint density at radius 3 is 2.75 bits per heavy atom. The van der Waals surface area contributed by atoms with Crippen LogP contribution in [-0.2, 0) is 19.1 Å². The molecule has 0 aromatic carbocycles. The number of carbonyl (C=O) groups is 3. The highest BCUT2D eigenvalue weighted by Gasteiger charge is 2.36. The molecule has 2 atom stereocenters. The molecule has 7 heteroatoms. The third-order valence-corrected chi connectivity index (χ3v) is 3.08. The van der Waals surface area contributed by atoms with Gasteiger partial charge in [0.15, 0.2) is 0 Å². The minimum Gasteiger partial charge on any atom is -0.468 e. The molecule has 0 aromatic rings. The Bertz CT molecular complexity index is 321. The molecule has 0 radical (unpaired) electrons. The number of hydrogen-bond donors (Lipinski definition) is 1. The minimum absolute atomic E-state index is 0.135. The predicted octanol–water partition coefficient (Wildman–Crippen LogP) is -0.730. The molecule has 1 saturated heterocycles. The van der Waals surface area contributed by atoms with Crippen LogP contribution < -0.4 is 5.32 Å². The summed E-state index contributed by atoms with van der Waals surface area (Å²) < 4.78 is 4.51. The Morgan fingerprint density at radius 2 is 2.31 bits per heavy atom. The van der Waals surface area contributed by atoms with Crippen LogP contribution in [0.1, 0.15) is 6.42 Å². The fourth-order valence-corrected chi connectivity index (χ4v) is 1.75. The largest absolute Gasteiger partial charge is 0.468 e. The van der Waals surface area contributed by atoms with E-state index >= 15 is 0 Å². The Hall–Kier alpha value is -0.950. The number of nitrogens with zero attached hydrogens (tertiary/aromatic N) is 1. The number of alkyl halides is 1. The zero-order valence-electron chi connectivity index (χ0n) is 9.03. The first-order valence-corrected chi connectivity index (χ1v) is 5.64. The maximum Gasteiger partial charge on any atom is 0.320 e. The van der Waals surface area contributed by atoms with Gasteiger partial charge in [-0.3, -0.25) is 19.3 Å². The average Bonchev–Trinajstić information content (AvgIpc) is 2.52. The first-order valence-electron chi connectivity index (χ1n) is 4.73. The van der Waals surface area contributed by atoms with E-state index in [4.69, 9.17) is 0 Å². The van der Waals surface area contributed by atoms with Gasteiger partial charge in [-0.15, -0.1) is 0 Å². The monoisotopic (exact) mass is 292 g/mol. The Balaban J connectivity index is 2.42. The highest BCUT2D eigenvalue weighted by molar-refractivity contribution is 9.10. The lowest BCUT2D eigenvalue weighted by atomic mass is 10.2. The molecular weight excluding hydrogens is 280 g/mol. The fourth-order valence-electron chi connectivity index (χ4n) is 1.37. The van der Waals surface area contributed by atoms with Gasteiger partial charge in [0.1, 0.15) is 4.83 Å². The van der Waals surface area contributed by atoms with Crippen molar-refractivity contribution in [2.24, 2.45) is 0 Å². The number of methoxy groups -OCH3 is 1. The molecule has 2 unspecified atom stereocenters. The summed E-state index contributed by atoms with van der Waals surface area (Å²) in [6.07, 6.45) is 0.135. The molecule has 0 bridgehead atoms. The highest BCUT2D eigenvalue weighted by atomic mass is 79.9. The number of likely N-dealkylation sites (tertiary alicyclic amines) is 1. The summed E-state index contributed by atoms with van der Waals surface area (Å²) >= 11 is 3.11. The van der Waals surface area contributed by atoms with Gasteiger partial charge in [0, 0.05) is 13.6 Å². The number of carbonyl (C=O) groups excluding carboxylic acids is 3. The highest BCUT2D eigenvalue weighted by Crippen LogP contribution is 2.11. The molecule has 2 amide bonds. The van der Waals surface area contributed by atoms with E-state index < -0.39 is 16.8 Å². The molecule has 0 aromatic heterocycles. The minimum atomic E-state index is -0.540. The lowest BCUT2D eigenvalue weighted by Gasteiger charge is -2.13. The van der Waals surface area contributed by atoms with Crippen molar-refractivity contribution < 1.29 is 19.1 Å². The van der Waals surface area contributed by atoms with Crippen molar-refractivity contribution in [1.82, 2.24) is 10.2 Å². The second kappa shape index (κ2) is 5.40. The maximum atomic E-state index is 11.5. The van der Waals surface area contributed by atoms with Crippen LogP contribution in [-0.4, -0.2) is 54.3 Å². The van der Waals surface area contributed by atoms with Crippen LogP contribution >= 0.6 is 15.9 Å². The molecule has 1 N–H and O–H groups in total. The molecule has 1 aliphatic heterocycles. The van der Waals surface area contributed by atoms with Crippen molar-refractivity contribution in [2.75, 3.05) is 20.7 Å². The number of imide groups is 1. The van der Waals surface area contributed by atoms with Gasteiger partial charge in [-0.25, -0.2) is 0 Å². The van der Waals surface area contributed by atoms with Gasteiger partial charge in [-0.1, -0.05) is 15.9 Å². The summed E-state index contributed by atoms with van der Waals surface area (Å²) in [5, 5.41) is 2.85. The van der Waals surface area contributed by atoms with E-state index in [0.29, 0.717) is 0 Å². The van der Waals surface area contributed by atoms with E-state index in [2.05, 4.69) is 26.0 Å². The van der Waals surface area contributed by atoms with Gasteiger partial charge < -0.3 is 10.1 Å². The third kappa shape index (κ3) is 2.79. The second-order valence-corrected chi connectivity index (χ2v) is 4.55. The van der Waals surface area contributed by atoms with Crippen molar-refractivity contribution in [3.63, 3.8) is 0 Å². The van der Waals surface area contributed by atoms with E-state index in [1.807, 2.05) is 0 Å². The van der Waals surface area contributed by atoms with Gasteiger partial charge in [-0.05, 0) is 0 Å². The van der Waals surface area contributed by atoms with Gasteiger partial charge in [0.2, 0.25) is 11.8 Å². The molecule has 0 saturated carbocycles. The zero-order chi connectivity index (χ0) is 12.3. The lowest BCUT2D eigenvalue weighted by Crippen LogP contribution is -2.41. The number of rotatable bonds is 4. The van der Waals surface area contributed by atoms with Crippen molar-refractivity contribution in [2.45, 2.75) is 17.3 Å². The molecule has 1 fully saturated rings. The third-order valence-electron chi connectivity index (χ3n) is 2.38. The molecule has 1 heterocycles. The van der Waals surface area contributed by atoms with E-state index in [-0.39, 0.29) is 24.8 Å². The van der Waals surface area contributed by atoms with Crippen LogP contribution in [0, 0.1) is 0 Å². The van der Waals surface area contributed by atoms with Gasteiger partial charge >= 0.3 is 5.97 Å². The van der Waals surface area contributed by atoms with E-state index in [1.54, 1.807) is 0 Å². The number of nitrogens with one attached hydrogen (secondary N) is 1. The molecular formula is C9H13BrN2O4. The Kier molecular flexibility index (Phi) is 4.43. The number of amides is 2. The van der Waals surface area contributed by atoms with Gasteiger partial charge in [-0.2, -0.15) is 0 Å². The SMILES string of the molecule is COC(=O)C(Br)CNC1CC(=O)N(C)C1=O. The normalized spacial score (nSPS) is 22.4. The number of likely N-dealkylation sites (N-methyl/N-ethyl adjacent to an activating group) is 1. The van der Waals surface area contributed by atoms with Crippen molar-refractivity contribution in [3.8, 4) is 0 Å². The molecule has 1 rings (SSSR count). The standard InChI is InChI=1S/C9H13BrN2O4/c1-12-7(13)3-6(8(12)14)11-4-5(10)9(15)16-2/h5-6,11H,3-4H2,1-2H3. The summed E-state index contributed by atoms with van der Waals surface area (Å²) in [6, 6.07) is -0.540. The number of halogens is 1. The Morgan fingerprint density at radius 1 is 1.69 bits per heavy atom. The van der Waals surface area contributed by atoms with E-state index in [0.717, 1.165) is 4.90 Å². The number of ether oxygens (including phenoxy) is 1. The fraction of sp³-hybridized carbons (Fsp3) is 0.667. The lowest BCUT2D eigenvalue weighted by molar-refractivity contribution is -0.140. The van der Waals surface area contributed by atoms with Crippen molar-refractivity contribution in [3.05, 3.63) is 0 Å². The van der Waals surface area contributed by atoms with E-state index in [9.17, 15) is 14.4 Å². The summed E-state index contributed by atoms with van der Waals surface area (Å²) in [5.41, 5.74) is 0. The molecule has 0 aliphatic carbocycles. The molecule has 1 aliphatic rings. The summed E-state index contributed by atoms with van der Waals surface area (Å²) in [7, 11) is 2.73. The molecule has 16 heavy (non-hydrogen) atoms. The van der Waals surface area contributed by atoms with Crippen LogP contribution in [0.25, 0.3) is 0 Å². The predicted molar refractivity (Wildman–Crippen MR) is 58.9 cm³/mol. The first kappa shape index (κ1) is 13.1. The van der Waals surface area contributed by atoms with Crippen LogP contribution in [0.15, 0.2) is 0 Å². The quantitative estimate of drug-likeness (QED) is 0.420. The topological polar surface area (TPSA) is 75.7 Å². The van der Waals surface area contributed by atoms with Crippen LogP contribution in [0.2, 0.25) is 0 Å². The van der Waals surface area contributed by atoms with Crippen LogP contribution in [0.5, 0.6) is 0 Å². The first-order chi connectivity index (χ1) is 7.47. The van der Waals surface area contributed by atoms with Crippen LogP contribution in [0.3, 0.4) is 0 Å². The summed E-state index contributed by atoms with van der Waals surface area (Å²) in [6.45, 7) is 0.240. The number of esters is 1. The smallest absolute Gasteiger partial charge is 0.320 e. The molecule has 90 valence electrons.